The number of carbonyl (C=O) groups excluding carboxylic acids is 2. The molecule has 1 saturated heterocycles. The average molecular weight is 497 g/mol. The standard InChI is InChI=1S/C29H44N4O3/c1-20(2)10-13-33-27(34)26-15-23-8-9-24(36-6)16-25(23)32(26)19-29(33,5)28(35)30-11-7-12-31-17-21(3)14-22(4)18-31/h8-9,15-16,20-22H,7,10-14,17-19H2,1-6H3,(H,30,35). The summed E-state index contributed by atoms with van der Waals surface area (Å²) in [6.07, 6.45) is 3.07. The number of nitrogens with zero attached hydrogens (tertiary/aromatic N) is 3. The molecule has 7 heteroatoms. The van der Waals surface area contributed by atoms with Gasteiger partial charge in [-0.15, -0.1) is 0 Å². The molecule has 3 heterocycles. The first-order valence-corrected chi connectivity index (χ1v) is 13.6. The fourth-order valence-corrected chi connectivity index (χ4v) is 6.06. The number of aromatic nitrogens is 1. The van der Waals surface area contributed by atoms with Crippen LogP contribution in [-0.4, -0.2) is 71.6 Å². The summed E-state index contributed by atoms with van der Waals surface area (Å²) in [5.41, 5.74) is 0.608. The maximum Gasteiger partial charge on any atom is 0.271 e. The van der Waals surface area contributed by atoms with Gasteiger partial charge in [-0.1, -0.05) is 27.7 Å². The van der Waals surface area contributed by atoms with Crippen molar-refractivity contribution in [2.45, 2.75) is 66.0 Å². The maximum atomic E-state index is 13.8. The Labute approximate surface area is 216 Å². The number of hydrogen-bond acceptors (Lipinski definition) is 4. The lowest BCUT2D eigenvalue weighted by molar-refractivity contribution is -0.132. The summed E-state index contributed by atoms with van der Waals surface area (Å²) in [5, 5.41) is 4.17. The first-order chi connectivity index (χ1) is 17.1. The van der Waals surface area contributed by atoms with Gasteiger partial charge in [0.2, 0.25) is 5.91 Å². The second-order valence-electron chi connectivity index (χ2n) is 11.8. The highest BCUT2D eigenvalue weighted by atomic mass is 16.5. The van der Waals surface area contributed by atoms with Gasteiger partial charge in [-0.25, -0.2) is 0 Å². The number of carbonyl (C=O) groups is 2. The largest absolute Gasteiger partial charge is 0.497 e. The van der Waals surface area contributed by atoms with Gasteiger partial charge in [-0.3, -0.25) is 9.59 Å². The van der Waals surface area contributed by atoms with Gasteiger partial charge in [0.1, 0.15) is 17.0 Å². The Morgan fingerprint density at radius 3 is 2.56 bits per heavy atom. The number of rotatable bonds is 9. The predicted octanol–water partition coefficient (Wildman–Crippen LogP) is 4.39. The molecule has 3 unspecified atom stereocenters. The number of methoxy groups -OCH3 is 1. The third-order valence-corrected chi connectivity index (χ3v) is 7.94. The first kappa shape index (κ1) is 26.5. The van der Waals surface area contributed by atoms with Gasteiger partial charge in [0, 0.05) is 37.6 Å². The molecule has 0 saturated carbocycles. The zero-order valence-corrected chi connectivity index (χ0v) is 23.0. The molecule has 36 heavy (non-hydrogen) atoms. The molecule has 1 fully saturated rings. The van der Waals surface area contributed by atoms with Crippen LogP contribution in [0.3, 0.4) is 0 Å². The van der Waals surface area contributed by atoms with Crippen molar-refractivity contribution < 1.29 is 14.3 Å². The number of piperidine rings is 1. The lowest BCUT2D eigenvalue weighted by Gasteiger charge is -2.44. The fraction of sp³-hybridized carbons (Fsp3) is 0.655. The molecule has 0 bridgehead atoms. The van der Waals surface area contributed by atoms with Crippen LogP contribution in [0.4, 0.5) is 0 Å². The highest BCUT2D eigenvalue weighted by Crippen LogP contribution is 2.34. The van der Waals surface area contributed by atoms with Gasteiger partial charge in [-0.05, 0) is 68.7 Å². The molecule has 2 aliphatic rings. The smallest absolute Gasteiger partial charge is 0.271 e. The monoisotopic (exact) mass is 496 g/mol. The van der Waals surface area contributed by atoms with E-state index in [4.69, 9.17) is 4.74 Å². The third kappa shape index (κ3) is 5.41. The van der Waals surface area contributed by atoms with Crippen molar-refractivity contribution in [3.8, 4) is 5.75 Å². The molecule has 0 aliphatic carbocycles. The van der Waals surface area contributed by atoms with E-state index in [0.29, 0.717) is 31.2 Å². The van der Waals surface area contributed by atoms with Crippen LogP contribution in [0.5, 0.6) is 5.75 Å². The molecular weight excluding hydrogens is 452 g/mol. The van der Waals surface area contributed by atoms with Gasteiger partial charge in [0.15, 0.2) is 0 Å². The third-order valence-electron chi connectivity index (χ3n) is 7.94. The van der Waals surface area contributed by atoms with Gasteiger partial charge >= 0.3 is 0 Å². The Balaban J connectivity index is 1.51. The summed E-state index contributed by atoms with van der Waals surface area (Å²) in [5.74, 6) is 2.49. The lowest BCUT2D eigenvalue weighted by atomic mass is 9.92. The highest BCUT2D eigenvalue weighted by Gasteiger charge is 2.47. The van der Waals surface area contributed by atoms with Gasteiger partial charge in [0.25, 0.3) is 5.91 Å². The summed E-state index contributed by atoms with van der Waals surface area (Å²) >= 11 is 0. The van der Waals surface area contributed by atoms with Gasteiger partial charge < -0.3 is 24.4 Å². The lowest BCUT2D eigenvalue weighted by Crippen LogP contribution is -2.64. The quantitative estimate of drug-likeness (QED) is 0.523. The Kier molecular flexibility index (Phi) is 7.98. The Hall–Kier alpha value is -2.54. The summed E-state index contributed by atoms with van der Waals surface area (Å²) in [6.45, 7) is 15.8. The van der Waals surface area contributed by atoms with E-state index in [0.717, 1.165) is 61.0 Å². The van der Waals surface area contributed by atoms with E-state index in [9.17, 15) is 9.59 Å². The molecule has 0 radical (unpaired) electrons. The van der Waals surface area contributed by atoms with Crippen molar-refractivity contribution in [1.29, 1.82) is 0 Å². The molecule has 7 nitrogen and oxygen atoms in total. The Bertz CT molecular complexity index is 1080. The van der Waals surface area contributed by atoms with Crippen LogP contribution in [-0.2, 0) is 11.3 Å². The van der Waals surface area contributed by atoms with Crippen LogP contribution in [0.15, 0.2) is 24.3 Å². The van der Waals surface area contributed by atoms with E-state index in [1.54, 1.807) is 7.11 Å². The van der Waals surface area contributed by atoms with E-state index in [-0.39, 0.29) is 11.8 Å². The molecule has 2 aliphatic heterocycles. The second kappa shape index (κ2) is 10.8. The van der Waals surface area contributed by atoms with E-state index in [1.807, 2.05) is 40.7 Å². The summed E-state index contributed by atoms with van der Waals surface area (Å²) in [6, 6.07) is 7.78. The van der Waals surface area contributed by atoms with Crippen molar-refractivity contribution in [3.63, 3.8) is 0 Å². The number of fused-ring (bicyclic) bond motifs is 3. The van der Waals surface area contributed by atoms with Crippen molar-refractivity contribution >= 4 is 22.7 Å². The van der Waals surface area contributed by atoms with Crippen LogP contribution < -0.4 is 10.1 Å². The van der Waals surface area contributed by atoms with Crippen LogP contribution in [0.25, 0.3) is 10.9 Å². The maximum absolute atomic E-state index is 13.8. The second-order valence-corrected chi connectivity index (χ2v) is 11.8. The number of benzene rings is 1. The van der Waals surface area contributed by atoms with Gasteiger partial charge in [0.05, 0.1) is 19.2 Å². The van der Waals surface area contributed by atoms with Crippen molar-refractivity contribution in [1.82, 2.24) is 19.7 Å². The topological polar surface area (TPSA) is 66.8 Å². The number of amides is 2. The molecular formula is C29H44N4O3. The molecule has 0 spiro atoms. The Morgan fingerprint density at radius 1 is 1.17 bits per heavy atom. The zero-order valence-electron chi connectivity index (χ0n) is 23.0. The minimum atomic E-state index is -0.956. The molecule has 3 atom stereocenters. The normalized spacial score (nSPS) is 24.9. The first-order valence-electron chi connectivity index (χ1n) is 13.6. The molecule has 2 amide bonds. The molecule has 198 valence electrons. The average Bonchev–Trinajstić information content (AvgIpc) is 3.18. The van der Waals surface area contributed by atoms with Gasteiger partial charge in [-0.2, -0.15) is 0 Å². The SMILES string of the molecule is COc1ccc2cc3n(c2c1)CC(C)(C(=O)NCCCN1CC(C)CC(C)C1)N(CCC(C)C)C3=O. The van der Waals surface area contributed by atoms with E-state index >= 15 is 0 Å². The van der Waals surface area contributed by atoms with E-state index < -0.39 is 5.54 Å². The number of ether oxygens (including phenoxy) is 1. The number of nitrogens with one attached hydrogen (secondary N) is 1. The summed E-state index contributed by atoms with van der Waals surface area (Å²) in [4.78, 5) is 31.8. The van der Waals surface area contributed by atoms with Crippen LogP contribution >= 0.6 is 0 Å². The van der Waals surface area contributed by atoms with Crippen LogP contribution in [0.2, 0.25) is 0 Å². The highest BCUT2D eigenvalue weighted by molar-refractivity contribution is 6.03. The summed E-state index contributed by atoms with van der Waals surface area (Å²) < 4.78 is 7.43. The number of likely N-dealkylation sites (tertiary alicyclic amines) is 1. The molecule has 2 aromatic rings. The molecule has 1 aromatic heterocycles. The minimum absolute atomic E-state index is 0.0737. The van der Waals surface area contributed by atoms with Crippen molar-refractivity contribution in [2.75, 3.05) is 39.8 Å². The molecule has 1 aromatic carbocycles. The van der Waals surface area contributed by atoms with Crippen molar-refractivity contribution in [3.05, 3.63) is 30.0 Å². The minimum Gasteiger partial charge on any atom is -0.497 e. The predicted molar refractivity (Wildman–Crippen MR) is 144 cm³/mol. The van der Waals surface area contributed by atoms with E-state index in [2.05, 4.69) is 37.9 Å². The van der Waals surface area contributed by atoms with E-state index in [1.165, 1.54) is 6.42 Å². The molecule has 4 rings (SSSR count). The van der Waals surface area contributed by atoms with Crippen LogP contribution in [0, 0.1) is 17.8 Å². The van der Waals surface area contributed by atoms with Crippen LogP contribution in [0.1, 0.15) is 64.4 Å². The summed E-state index contributed by atoms with van der Waals surface area (Å²) in [7, 11) is 1.64. The Morgan fingerprint density at radius 2 is 1.89 bits per heavy atom. The zero-order chi connectivity index (χ0) is 26.0. The van der Waals surface area contributed by atoms with Crippen molar-refractivity contribution in [2.24, 2.45) is 17.8 Å². The molecule has 1 N–H and O–H groups in total. The fourth-order valence-electron chi connectivity index (χ4n) is 6.06. The number of hydrogen-bond donors (Lipinski definition) is 1.